The zero-order valence-electron chi connectivity index (χ0n) is 9.40. The van der Waals surface area contributed by atoms with Crippen molar-refractivity contribution in [3.8, 4) is 0 Å². The summed E-state index contributed by atoms with van der Waals surface area (Å²) < 4.78 is 4.42. The van der Waals surface area contributed by atoms with Crippen LogP contribution in [0.5, 0.6) is 0 Å². The van der Waals surface area contributed by atoms with Gasteiger partial charge in [-0.15, -0.1) is 0 Å². The molecule has 1 N–H and O–H groups in total. The summed E-state index contributed by atoms with van der Waals surface area (Å²) in [6, 6.07) is 9.41. The van der Waals surface area contributed by atoms with E-state index >= 15 is 0 Å². The van der Waals surface area contributed by atoms with Gasteiger partial charge >= 0.3 is 12.1 Å². The van der Waals surface area contributed by atoms with Crippen molar-refractivity contribution in [1.29, 1.82) is 0 Å². The Kier molecular flexibility index (Phi) is 4.51. The number of nitrogens with one attached hydrogen (secondary N) is 1. The van der Waals surface area contributed by atoms with Gasteiger partial charge in [0.1, 0.15) is 0 Å². The molecular formula is C12H15NO3. The van der Waals surface area contributed by atoms with E-state index in [2.05, 4.69) is 10.1 Å². The first-order valence-electron chi connectivity index (χ1n) is 5.17. The summed E-state index contributed by atoms with van der Waals surface area (Å²) in [5, 5.41) is 2.63. The summed E-state index contributed by atoms with van der Waals surface area (Å²) in [6.07, 6.45) is 0.0278. The lowest BCUT2D eigenvalue weighted by Crippen LogP contribution is -2.29. The van der Waals surface area contributed by atoms with Crippen molar-refractivity contribution < 1.29 is 14.3 Å². The molecular weight excluding hydrogens is 206 g/mol. The molecule has 0 spiro atoms. The lowest BCUT2D eigenvalue weighted by atomic mass is 10.1. The van der Waals surface area contributed by atoms with E-state index < -0.39 is 12.1 Å². The molecule has 1 rings (SSSR count). The third kappa shape index (κ3) is 3.73. The number of benzene rings is 1. The molecule has 16 heavy (non-hydrogen) atoms. The van der Waals surface area contributed by atoms with Crippen LogP contribution in [0.3, 0.4) is 0 Å². The second-order valence-electron chi connectivity index (χ2n) is 3.40. The van der Waals surface area contributed by atoms with Gasteiger partial charge in [0.25, 0.3) is 0 Å². The number of carbonyl (C=O) groups is 2. The van der Waals surface area contributed by atoms with E-state index in [1.165, 1.54) is 6.92 Å². The van der Waals surface area contributed by atoms with Crippen LogP contribution in [0.15, 0.2) is 30.3 Å². The second kappa shape index (κ2) is 5.90. The number of ether oxygens (including phenoxy) is 1. The number of hydrogen-bond donors (Lipinski definition) is 1. The maximum Gasteiger partial charge on any atom is 0.415 e. The molecule has 0 heterocycles. The maximum absolute atomic E-state index is 11.2. The number of hydrogen-bond acceptors (Lipinski definition) is 3. The average Bonchev–Trinajstić information content (AvgIpc) is 2.26. The quantitative estimate of drug-likeness (QED) is 0.630. The van der Waals surface area contributed by atoms with Crippen LogP contribution in [0, 0.1) is 0 Å². The van der Waals surface area contributed by atoms with E-state index in [0.29, 0.717) is 0 Å². The second-order valence-corrected chi connectivity index (χ2v) is 3.40. The van der Waals surface area contributed by atoms with Crippen molar-refractivity contribution in [2.75, 3.05) is 0 Å². The van der Waals surface area contributed by atoms with E-state index in [0.717, 1.165) is 12.0 Å². The van der Waals surface area contributed by atoms with Gasteiger partial charge in [0.15, 0.2) is 0 Å². The topological polar surface area (TPSA) is 55.4 Å². The van der Waals surface area contributed by atoms with Gasteiger partial charge < -0.3 is 10.1 Å². The lowest BCUT2D eigenvalue weighted by Gasteiger charge is -2.16. The molecule has 1 atom stereocenters. The van der Waals surface area contributed by atoms with Crippen LogP contribution in [0.1, 0.15) is 31.9 Å². The molecule has 0 saturated heterocycles. The van der Waals surface area contributed by atoms with Crippen LogP contribution < -0.4 is 5.32 Å². The third-order valence-corrected chi connectivity index (χ3v) is 2.14. The Balaban J connectivity index is 2.63. The predicted molar refractivity (Wildman–Crippen MR) is 59.8 cm³/mol. The number of esters is 1. The Morgan fingerprint density at radius 2 is 1.94 bits per heavy atom. The number of alkyl carbamates (subject to hydrolysis) is 1. The predicted octanol–water partition coefficient (Wildman–Crippen LogP) is 2.41. The lowest BCUT2D eigenvalue weighted by molar-refractivity contribution is -0.134. The fourth-order valence-electron chi connectivity index (χ4n) is 1.41. The molecule has 1 unspecified atom stereocenters. The molecule has 0 aliphatic heterocycles. The minimum absolute atomic E-state index is 0.131. The summed E-state index contributed by atoms with van der Waals surface area (Å²) in [5.74, 6) is -0.611. The normalized spacial score (nSPS) is 11.6. The Morgan fingerprint density at radius 3 is 2.44 bits per heavy atom. The van der Waals surface area contributed by atoms with E-state index in [1.54, 1.807) is 0 Å². The molecule has 0 saturated carbocycles. The van der Waals surface area contributed by atoms with Gasteiger partial charge in [0.2, 0.25) is 0 Å². The van der Waals surface area contributed by atoms with Crippen molar-refractivity contribution in [2.24, 2.45) is 0 Å². The van der Waals surface area contributed by atoms with Crippen LogP contribution in [-0.4, -0.2) is 12.1 Å². The van der Waals surface area contributed by atoms with Gasteiger partial charge in [-0.3, -0.25) is 4.79 Å². The van der Waals surface area contributed by atoms with E-state index in [9.17, 15) is 9.59 Å². The highest BCUT2D eigenvalue weighted by molar-refractivity contribution is 5.83. The first-order chi connectivity index (χ1) is 7.63. The van der Waals surface area contributed by atoms with E-state index in [-0.39, 0.29) is 6.04 Å². The van der Waals surface area contributed by atoms with Gasteiger partial charge in [0, 0.05) is 6.92 Å². The van der Waals surface area contributed by atoms with Gasteiger partial charge in [-0.2, -0.15) is 0 Å². The smallest absolute Gasteiger partial charge is 0.377 e. The van der Waals surface area contributed by atoms with Crippen LogP contribution >= 0.6 is 0 Å². The molecule has 0 bridgehead atoms. The SMILES string of the molecule is CCC(NC(=O)OC(C)=O)c1ccccc1. The molecule has 0 aliphatic rings. The zero-order chi connectivity index (χ0) is 12.0. The molecule has 0 aliphatic carbocycles. The number of amides is 1. The molecule has 1 aromatic rings. The summed E-state index contributed by atoms with van der Waals surface area (Å²) in [5.41, 5.74) is 0.991. The Morgan fingerprint density at radius 1 is 1.31 bits per heavy atom. The molecule has 4 nitrogen and oxygen atoms in total. The van der Waals surface area contributed by atoms with Crippen LogP contribution in [0.4, 0.5) is 4.79 Å². The highest BCUT2D eigenvalue weighted by atomic mass is 16.6. The first kappa shape index (κ1) is 12.2. The van der Waals surface area contributed by atoms with Crippen LogP contribution in [-0.2, 0) is 9.53 Å². The number of carbonyl (C=O) groups excluding carboxylic acids is 2. The molecule has 1 aromatic carbocycles. The van der Waals surface area contributed by atoms with Crippen molar-refractivity contribution >= 4 is 12.1 Å². The highest BCUT2D eigenvalue weighted by Gasteiger charge is 2.14. The summed E-state index contributed by atoms with van der Waals surface area (Å²) >= 11 is 0. The fraction of sp³-hybridized carbons (Fsp3) is 0.333. The molecule has 0 fully saturated rings. The maximum atomic E-state index is 11.2. The van der Waals surface area contributed by atoms with Gasteiger partial charge in [-0.1, -0.05) is 37.3 Å². The minimum Gasteiger partial charge on any atom is -0.377 e. The molecule has 86 valence electrons. The summed E-state index contributed by atoms with van der Waals surface area (Å²) in [6.45, 7) is 3.15. The zero-order valence-corrected chi connectivity index (χ0v) is 9.40. The summed E-state index contributed by atoms with van der Waals surface area (Å²) in [7, 11) is 0. The standard InChI is InChI=1S/C12H15NO3/c1-3-11(10-7-5-4-6-8-10)13-12(15)16-9(2)14/h4-8,11H,3H2,1-2H3,(H,13,15). The molecule has 0 aromatic heterocycles. The van der Waals surface area contributed by atoms with Gasteiger partial charge in [-0.25, -0.2) is 4.79 Å². The highest BCUT2D eigenvalue weighted by Crippen LogP contribution is 2.15. The van der Waals surface area contributed by atoms with Crippen LogP contribution in [0.2, 0.25) is 0 Å². The summed E-state index contributed by atoms with van der Waals surface area (Å²) in [4.78, 5) is 21.8. The molecule has 4 heteroatoms. The van der Waals surface area contributed by atoms with E-state index in [4.69, 9.17) is 0 Å². The van der Waals surface area contributed by atoms with Crippen molar-refractivity contribution in [3.05, 3.63) is 35.9 Å². The average molecular weight is 221 g/mol. The first-order valence-corrected chi connectivity index (χ1v) is 5.17. The Labute approximate surface area is 94.6 Å². The minimum atomic E-state index is -0.705. The monoisotopic (exact) mass is 221 g/mol. The number of rotatable bonds is 3. The molecule has 0 radical (unpaired) electrons. The Hall–Kier alpha value is -1.84. The van der Waals surface area contributed by atoms with Crippen molar-refractivity contribution in [1.82, 2.24) is 5.32 Å². The Bertz CT molecular complexity index is 362. The van der Waals surface area contributed by atoms with Gasteiger partial charge in [-0.05, 0) is 12.0 Å². The van der Waals surface area contributed by atoms with Crippen LogP contribution in [0.25, 0.3) is 0 Å². The van der Waals surface area contributed by atoms with Crippen molar-refractivity contribution in [2.45, 2.75) is 26.3 Å². The molecule has 1 amide bonds. The van der Waals surface area contributed by atoms with Crippen molar-refractivity contribution in [3.63, 3.8) is 0 Å². The largest absolute Gasteiger partial charge is 0.415 e. The fourth-order valence-corrected chi connectivity index (χ4v) is 1.41. The van der Waals surface area contributed by atoms with E-state index in [1.807, 2.05) is 37.3 Å². The van der Waals surface area contributed by atoms with Gasteiger partial charge in [0.05, 0.1) is 6.04 Å². The third-order valence-electron chi connectivity index (χ3n) is 2.14.